The van der Waals surface area contributed by atoms with Crippen LogP contribution in [0.4, 0.5) is 24.5 Å². The van der Waals surface area contributed by atoms with Crippen molar-refractivity contribution in [1.82, 2.24) is 9.55 Å². The highest BCUT2D eigenvalue weighted by Crippen LogP contribution is 2.36. The number of hydrogen-bond donors (Lipinski definition) is 1. The minimum Gasteiger partial charge on any atom is -0.325 e. The zero-order valence-corrected chi connectivity index (χ0v) is 15.0. The number of anilines is 1. The Morgan fingerprint density at radius 2 is 1.97 bits per heavy atom. The summed E-state index contributed by atoms with van der Waals surface area (Å²) in [5.74, 6) is -0.773. The van der Waals surface area contributed by atoms with Crippen LogP contribution >= 0.6 is 11.6 Å². The second-order valence-electron chi connectivity index (χ2n) is 5.88. The topological polar surface area (TPSA) is 107 Å². The second kappa shape index (κ2) is 7.51. The van der Waals surface area contributed by atoms with E-state index in [-0.39, 0.29) is 22.3 Å². The molecule has 0 aliphatic heterocycles. The molecule has 1 aromatic heterocycles. The Balaban J connectivity index is 1.83. The van der Waals surface area contributed by atoms with Crippen LogP contribution in [-0.4, -0.2) is 20.4 Å². The number of nitrogens with one attached hydrogen (secondary N) is 1. The van der Waals surface area contributed by atoms with Gasteiger partial charge in [-0.25, -0.2) is 4.98 Å². The number of amides is 1. The van der Waals surface area contributed by atoms with E-state index in [2.05, 4.69) is 10.3 Å². The van der Waals surface area contributed by atoms with Crippen molar-refractivity contribution in [2.75, 3.05) is 5.32 Å². The van der Waals surface area contributed by atoms with E-state index in [1.807, 2.05) is 0 Å². The molecule has 0 bridgehead atoms. The summed E-state index contributed by atoms with van der Waals surface area (Å²) in [5.41, 5.74) is -2.06. The molecular formula is C17H10ClF3N4O4. The molecule has 0 radical (unpaired) electrons. The lowest BCUT2D eigenvalue weighted by Crippen LogP contribution is -2.28. The van der Waals surface area contributed by atoms with E-state index in [1.165, 1.54) is 12.1 Å². The van der Waals surface area contributed by atoms with Crippen LogP contribution in [0, 0.1) is 10.1 Å². The van der Waals surface area contributed by atoms with E-state index >= 15 is 0 Å². The first kappa shape index (κ1) is 20.3. The lowest BCUT2D eigenvalue weighted by molar-refractivity contribution is -0.384. The molecule has 29 heavy (non-hydrogen) atoms. The molecule has 1 amide bonds. The minimum absolute atomic E-state index is 0.0525. The summed E-state index contributed by atoms with van der Waals surface area (Å²) >= 11 is 5.53. The quantitative estimate of drug-likeness (QED) is 0.506. The van der Waals surface area contributed by atoms with Gasteiger partial charge in [0.15, 0.2) is 0 Å². The third-order valence-corrected chi connectivity index (χ3v) is 4.22. The molecule has 0 spiro atoms. The van der Waals surface area contributed by atoms with Crippen molar-refractivity contribution in [3.05, 3.63) is 73.8 Å². The molecular weight excluding hydrogens is 417 g/mol. The predicted molar refractivity (Wildman–Crippen MR) is 97.7 cm³/mol. The van der Waals surface area contributed by atoms with Crippen molar-refractivity contribution in [1.29, 1.82) is 0 Å². The van der Waals surface area contributed by atoms with Crippen LogP contribution in [0.2, 0.25) is 5.02 Å². The number of fused-ring (bicyclic) bond motifs is 1. The van der Waals surface area contributed by atoms with Crippen LogP contribution in [0.3, 0.4) is 0 Å². The molecule has 0 fully saturated rings. The van der Waals surface area contributed by atoms with Crippen LogP contribution < -0.4 is 10.9 Å². The number of hydrogen-bond acceptors (Lipinski definition) is 5. The molecule has 0 saturated carbocycles. The van der Waals surface area contributed by atoms with Crippen molar-refractivity contribution < 1.29 is 22.9 Å². The third kappa shape index (κ3) is 4.35. The fourth-order valence-corrected chi connectivity index (χ4v) is 2.77. The standard InChI is InChI=1S/C17H10ClF3N4O4/c18-13-4-1-9(5-12(13)17(19,20)21)23-15(26)7-24-8-22-14-6-10(25(28)29)2-3-11(14)16(24)27/h1-6,8H,7H2,(H,23,26). The van der Waals surface area contributed by atoms with Gasteiger partial charge in [-0.3, -0.25) is 24.3 Å². The summed E-state index contributed by atoms with van der Waals surface area (Å²) in [4.78, 5) is 38.7. The molecule has 12 heteroatoms. The highest BCUT2D eigenvalue weighted by atomic mass is 35.5. The average Bonchev–Trinajstić information content (AvgIpc) is 2.64. The number of non-ortho nitro benzene ring substituents is 1. The van der Waals surface area contributed by atoms with Crippen molar-refractivity contribution in [2.45, 2.75) is 12.7 Å². The lowest BCUT2D eigenvalue weighted by atomic mass is 10.2. The van der Waals surface area contributed by atoms with Gasteiger partial charge >= 0.3 is 6.18 Å². The molecule has 1 heterocycles. The fraction of sp³-hybridized carbons (Fsp3) is 0.118. The van der Waals surface area contributed by atoms with E-state index in [0.29, 0.717) is 6.07 Å². The van der Waals surface area contributed by atoms with Gasteiger partial charge in [0.2, 0.25) is 5.91 Å². The lowest BCUT2D eigenvalue weighted by Gasteiger charge is -2.12. The summed E-state index contributed by atoms with van der Waals surface area (Å²) in [7, 11) is 0. The number of halogens is 4. The Labute approximate surface area is 164 Å². The molecule has 1 N–H and O–H groups in total. The van der Waals surface area contributed by atoms with Crippen LogP contribution in [0.5, 0.6) is 0 Å². The molecule has 150 valence electrons. The SMILES string of the molecule is O=C(Cn1cnc2cc([N+](=O)[O-])ccc2c1=O)Nc1ccc(Cl)c(C(F)(F)F)c1. The largest absolute Gasteiger partial charge is 0.417 e. The van der Waals surface area contributed by atoms with Crippen molar-refractivity contribution in [3.63, 3.8) is 0 Å². The number of rotatable bonds is 4. The number of aromatic nitrogens is 2. The maximum Gasteiger partial charge on any atom is 0.417 e. The number of benzene rings is 2. The first-order valence-corrected chi connectivity index (χ1v) is 8.24. The van der Waals surface area contributed by atoms with Gasteiger partial charge < -0.3 is 5.32 Å². The molecule has 0 aliphatic carbocycles. The Kier molecular flexibility index (Phi) is 5.25. The fourth-order valence-electron chi connectivity index (χ4n) is 2.55. The number of carbonyl (C=O) groups excluding carboxylic acids is 1. The van der Waals surface area contributed by atoms with Crippen LogP contribution in [0.1, 0.15) is 5.56 Å². The van der Waals surface area contributed by atoms with Gasteiger partial charge in [-0.15, -0.1) is 0 Å². The summed E-state index contributed by atoms with van der Waals surface area (Å²) < 4.78 is 39.6. The van der Waals surface area contributed by atoms with E-state index in [1.54, 1.807) is 0 Å². The average molecular weight is 427 g/mol. The smallest absolute Gasteiger partial charge is 0.325 e. The van der Waals surface area contributed by atoms with E-state index in [4.69, 9.17) is 11.6 Å². The monoisotopic (exact) mass is 426 g/mol. The van der Waals surface area contributed by atoms with E-state index in [9.17, 15) is 32.9 Å². The van der Waals surface area contributed by atoms with E-state index < -0.39 is 39.7 Å². The molecule has 2 aromatic carbocycles. The molecule has 0 saturated heterocycles. The zero-order valence-electron chi connectivity index (χ0n) is 14.2. The summed E-state index contributed by atoms with van der Waals surface area (Å²) in [6.07, 6.45) is -3.67. The second-order valence-corrected chi connectivity index (χ2v) is 6.28. The minimum atomic E-state index is -4.69. The van der Waals surface area contributed by atoms with Gasteiger partial charge in [0, 0.05) is 17.8 Å². The van der Waals surface area contributed by atoms with Gasteiger partial charge in [-0.05, 0) is 24.3 Å². The van der Waals surface area contributed by atoms with E-state index in [0.717, 1.165) is 29.1 Å². The molecule has 0 aliphatic rings. The zero-order chi connectivity index (χ0) is 21.3. The number of nitro groups is 1. The molecule has 0 atom stereocenters. The highest BCUT2D eigenvalue weighted by molar-refractivity contribution is 6.31. The van der Waals surface area contributed by atoms with Crippen molar-refractivity contribution in [3.8, 4) is 0 Å². The van der Waals surface area contributed by atoms with Gasteiger partial charge in [0.1, 0.15) is 6.54 Å². The first-order chi connectivity index (χ1) is 13.6. The maximum atomic E-state index is 12.9. The number of nitro benzene ring substituents is 1. The summed E-state index contributed by atoms with van der Waals surface area (Å²) in [6.45, 7) is -0.525. The Morgan fingerprint density at radius 1 is 1.24 bits per heavy atom. The van der Waals surface area contributed by atoms with Gasteiger partial charge in [-0.2, -0.15) is 13.2 Å². The van der Waals surface area contributed by atoms with Gasteiger partial charge in [-0.1, -0.05) is 11.6 Å². The highest BCUT2D eigenvalue weighted by Gasteiger charge is 2.33. The summed E-state index contributed by atoms with van der Waals surface area (Å²) in [6, 6.07) is 6.33. The predicted octanol–water partition coefficient (Wildman–Crippen LogP) is 3.62. The number of nitrogens with zero attached hydrogens (tertiary/aromatic N) is 3. The Hall–Kier alpha value is -3.47. The molecule has 3 rings (SSSR count). The third-order valence-electron chi connectivity index (χ3n) is 3.89. The van der Waals surface area contributed by atoms with Crippen molar-refractivity contribution in [2.24, 2.45) is 0 Å². The van der Waals surface area contributed by atoms with Gasteiger partial charge in [0.25, 0.3) is 11.2 Å². The maximum absolute atomic E-state index is 12.9. The van der Waals surface area contributed by atoms with Crippen LogP contribution in [-0.2, 0) is 17.5 Å². The molecule has 0 unspecified atom stereocenters. The number of carbonyl (C=O) groups is 1. The van der Waals surface area contributed by atoms with Crippen molar-refractivity contribution >= 4 is 39.8 Å². The normalized spacial score (nSPS) is 11.4. The van der Waals surface area contributed by atoms with Crippen LogP contribution in [0.25, 0.3) is 10.9 Å². The Morgan fingerprint density at radius 3 is 2.62 bits per heavy atom. The first-order valence-electron chi connectivity index (χ1n) is 7.86. The van der Waals surface area contributed by atoms with Gasteiger partial charge in [0.05, 0.1) is 32.7 Å². The molecule has 3 aromatic rings. The molecule has 8 nitrogen and oxygen atoms in total. The summed E-state index contributed by atoms with van der Waals surface area (Å²) in [5, 5.41) is 12.6. The Bertz CT molecular complexity index is 1190. The number of alkyl halides is 3. The van der Waals surface area contributed by atoms with Crippen LogP contribution in [0.15, 0.2) is 47.5 Å².